The largest absolute Gasteiger partial charge is 0.326 e. The molecular formula is C17H19ClN2. The number of hydrogen-bond acceptors (Lipinski definition) is 2. The average Bonchev–Trinajstić information content (AvgIpc) is 2.81. The zero-order chi connectivity index (χ0) is 14.1. The normalized spacial score (nSPS) is 17.8. The number of halogens is 1. The van der Waals surface area contributed by atoms with Gasteiger partial charge >= 0.3 is 0 Å². The highest BCUT2D eigenvalue weighted by Crippen LogP contribution is 2.33. The molecule has 0 aliphatic carbocycles. The summed E-state index contributed by atoms with van der Waals surface area (Å²) in [4.78, 5) is 2.43. The lowest BCUT2D eigenvalue weighted by Crippen LogP contribution is -2.36. The molecule has 2 N–H and O–H groups in total. The van der Waals surface area contributed by atoms with Gasteiger partial charge in [0.15, 0.2) is 0 Å². The maximum atomic E-state index is 6.25. The van der Waals surface area contributed by atoms with Crippen molar-refractivity contribution in [3.05, 3.63) is 70.2 Å². The van der Waals surface area contributed by atoms with E-state index in [9.17, 15) is 0 Å². The molecule has 0 amide bonds. The Morgan fingerprint density at radius 2 is 1.70 bits per heavy atom. The monoisotopic (exact) mass is 286 g/mol. The predicted octanol–water partition coefficient (Wildman–Crippen LogP) is 3.74. The summed E-state index contributed by atoms with van der Waals surface area (Å²) in [6.45, 7) is 3.97. The van der Waals surface area contributed by atoms with Crippen molar-refractivity contribution in [3.63, 3.8) is 0 Å². The van der Waals surface area contributed by atoms with Crippen LogP contribution in [-0.4, -0.2) is 10.9 Å². The average molecular weight is 287 g/mol. The van der Waals surface area contributed by atoms with Gasteiger partial charge in [-0.05, 0) is 35.7 Å². The summed E-state index contributed by atoms with van der Waals surface area (Å²) < 4.78 is 0. The molecule has 0 aromatic heterocycles. The highest BCUT2D eigenvalue weighted by Gasteiger charge is 2.29. The van der Waals surface area contributed by atoms with Gasteiger partial charge in [-0.1, -0.05) is 48.0 Å². The Hall–Kier alpha value is -1.35. The van der Waals surface area contributed by atoms with Crippen LogP contribution in [0.2, 0.25) is 5.02 Å². The molecule has 104 valence electrons. The van der Waals surface area contributed by atoms with Crippen molar-refractivity contribution in [2.75, 3.05) is 0 Å². The Labute approximate surface area is 125 Å². The van der Waals surface area contributed by atoms with E-state index < -0.39 is 0 Å². The minimum Gasteiger partial charge on any atom is -0.326 e. The third-order valence-electron chi connectivity index (χ3n) is 3.95. The standard InChI is InChI=1S/C17H19ClN2/c1-12(19)17(13-7-4-8-16(18)9-13)20-10-14-5-2-3-6-15(14)11-20/h2-9,12,17H,10-11,19H2,1H3. The van der Waals surface area contributed by atoms with Gasteiger partial charge in [-0.15, -0.1) is 0 Å². The first-order valence-electron chi connectivity index (χ1n) is 6.97. The summed E-state index contributed by atoms with van der Waals surface area (Å²) in [7, 11) is 0. The quantitative estimate of drug-likeness (QED) is 0.931. The van der Waals surface area contributed by atoms with E-state index in [0.29, 0.717) is 0 Å². The Morgan fingerprint density at radius 1 is 1.05 bits per heavy atom. The molecule has 2 nitrogen and oxygen atoms in total. The van der Waals surface area contributed by atoms with Crippen molar-refractivity contribution in [1.82, 2.24) is 4.90 Å². The van der Waals surface area contributed by atoms with Crippen molar-refractivity contribution in [2.45, 2.75) is 32.1 Å². The van der Waals surface area contributed by atoms with E-state index in [-0.39, 0.29) is 12.1 Å². The lowest BCUT2D eigenvalue weighted by atomic mass is 9.99. The fourth-order valence-electron chi connectivity index (χ4n) is 3.09. The topological polar surface area (TPSA) is 29.3 Å². The number of nitrogens with zero attached hydrogens (tertiary/aromatic N) is 1. The molecule has 1 aliphatic heterocycles. The number of nitrogens with two attached hydrogens (primary N) is 1. The summed E-state index contributed by atoms with van der Waals surface area (Å²) in [6.07, 6.45) is 0. The van der Waals surface area contributed by atoms with Crippen LogP contribution >= 0.6 is 11.6 Å². The lowest BCUT2D eigenvalue weighted by molar-refractivity contribution is 0.178. The molecule has 0 saturated heterocycles. The molecule has 2 atom stereocenters. The molecule has 1 aliphatic rings. The molecule has 3 heteroatoms. The van der Waals surface area contributed by atoms with Gasteiger partial charge in [-0.3, -0.25) is 4.90 Å². The molecule has 3 rings (SSSR count). The summed E-state index contributed by atoms with van der Waals surface area (Å²) in [5.74, 6) is 0. The van der Waals surface area contributed by atoms with Gasteiger partial charge in [0, 0.05) is 24.2 Å². The Morgan fingerprint density at radius 3 is 2.25 bits per heavy atom. The van der Waals surface area contributed by atoms with Crippen molar-refractivity contribution >= 4 is 11.6 Å². The van der Waals surface area contributed by atoms with Crippen LogP contribution in [0.5, 0.6) is 0 Å². The number of benzene rings is 2. The number of rotatable bonds is 3. The van der Waals surface area contributed by atoms with Gasteiger partial charge in [0.2, 0.25) is 0 Å². The first-order valence-corrected chi connectivity index (χ1v) is 7.35. The zero-order valence-corrected chi connectivity index (χ0v) is 12.3. The van der Waals surface area contributed by atoms with E-state index in [1.165, 1.54) is 16.7 Å². The molecule has 0 fully saturated rings. The number of fused-ring (bicyclic) bond motifs is 1. The fourth-order valence-corrected chi connectivity index (χ4v) is 3.29. The van der Waals surface area contributed by atoms with Crippen molar-refractivity contribution < 1.29 is 0 Å². The van der Waals surface area contributed by atoms with Crippen LogP contribution in [0.1, 0.15) is 29.7 Å². The summed E-state index contributed by atoms with van der Waals surface area (Å²) in [6, 6.07) is 16.9. The van der Waals surface area contributed by atoms with Crippen molar-refractivity contribution in [3.8, 4) is 0 Å². The van der Waals surface area contributed by atoms with Crippen LogP contribution in [0.3, 0.4) is 0 Å². The third kappa shape index (κ3) is 2.59. The molecule has 2 unspecified atom stereocenters. The van der Waals surface area contributed by atoms with E-state index in [2.05, 4.69) is 42.2 Å². The first kappa shape index (κ1) is 13.6. The van der Waals surface area contributed by atoms with Gasteiger partial charge < -0.3 is 5.73 Å². The highest BCUT2D eigenvalue weighted by atomic mass is 35.5. The Balaban J connectivity index is 1.90. The van der Waals surface area contributed by atoms with Crippen LogP contribution in [0, 0.1) is 0 Å². The molecule has 0 spiro atoms. The van der Waals surface area contributed by atoms with Crippen molar-refractivity contribution in [2.24, 2.45) is 5.73 Å². The van der Waals surface area contributed by atoms with E-state index in [1.807, 2.05) is 18.2 Å². The first-order chi connectivity index (χ1) is 9.65. The fraction of sp³-hybridized carbons (Fsp3) is 0.294. The van der Waals surface area contributed by atoms with Crippen LogP contribution in [0.15, 0.2) is 48.5 Å². The molecule has 2 aromatic rings. The summed E-state index contributed by atoms with van der Waals surface area (Å²) >= 11 is 6.13. The van der Waals surface area contributed by atoms with Crippen molar-refractivity contribution in [1.29, 1.82) is 0 Å². The maximum Gasteiger partial charge on any atom is 0.0504 e. The van der Waals surface area contributed by atoms with Gasteiger partial charge in [-0.2, -0.15) is 0 Å². The van der Waals surface area contributed by atoms with E-state index >= 15 is 0 Å². The van der Waals surface area contributed by atoms with E-state index in [0.717, 1.165) is 18.1 Å². The minimum atomic E-state index is 0.0581. The lowest BCUT2D eigenvalue weighted by Gasteiger charge is -2.31. The van der Waals surface area contributed by atoms with Crippen LogP contribution in [0.25, 0.3) is 0 Å². The second-order valence-corrected chi connectivity index (χ2v) is 5.97. The second kappa shape index (κ2) is 5.57. The molecule has 0 bridgehead atoms. The van der Waals surface area contributed by atoms with Gasteiger partial charge in [0.05, 0.1) is 6.04 Å². The summed E-state index contributed by atoms with van der Waals surface area (Å²) in [5.41, 5.74) is 10.2. The molecule has 2 aromatic carbocycles. The van der Waals surface area contributed by atoms with E-state index in [4.69, 9.17) is 17.3 Å². The van der Waals surface area contributed by atoms with Crippen LogP contribution in [0.4, 0.5) is 0 Å². The highest BCUT2D eigenvalue weighted by molar-refractivity contribution is 6.30. The zero-order valence-electron chi connectivity index (χ0n) is 11.6. The van der Waals surface area contributed by atoms with E-state index in [1.54, 1.807) is 0 Å². The smallest absolute Gasteiger partial charge is 0.0504 e. The van der Waals surface area contributed by atoms with Crippen LogP contribution < -0.4 is 5.73 Å². The molecule has 0 saturated carbocycles. The second-order valence-electron chi connectivity index (χ2n) is 5.53. The summed E-state index contributed by atoms with van der Waals surface area (Å²) in [5, 5.41) is 0.768. The van der Waals surface area contributed by atoms with Gasteiger partial charge in [0.1, 0.15) is 0 Å². The number of hydrogen-bond donors (Lipinski definition) is 1. The molecule has 0 radical (unpaired) electrons. The predicted molar refractivity (Wildman–Crippen MR) is 83.5 cm³/mol. The van der Waals surface area contributed by atoms with Crippen LogP contribution in [-0.2, 0) is 13.1 Å². The molecule has 1 heterocycles. The Kier molecular flexibility index (Phi) is 3.79. The molecular weight excluding hydrogens is 268 g/mol. The minimum absolute atomic E-state index is 0.0581. The molecule has 20 heavy (non-hydrogen) atoms. The SMILES string of the molecule is CC(N)C(c1cccc(Cl)c1)N1Cc2ccccc2C1. The third-order valence-corrected chi connectivity index (χ3v) is 4.18. The Bertz CT molecular complexity index is 584. The van der Waals surface area contributed by atoms with Gasteiger partial charge in [-0.25, -0.2) is 0 Å². The van der Waals surface area contributed by atoms with Gasteiger partial charge in [0.25, 0.3) is 0 Å². The maximum absolute atomic E-state index is 6.25.